The number of hydrogen-bond donors (Lipinski definition) is 0. The standard InChI is InChI=1S/C10H21NO2/c1-6-10(7-2,11(3)4)9(12)8-13-5/h6-8H2,1-5H3. The maximum Gasteiger partial charge on any atom is 0.178 e. The number of likely N-dealkylation sites (N-methyl/N-ethyl adjacent to an activating group) is 1. The Morgan fingerprint density at radius 1 is 1.31 bits per heavy atom. The number of methoxy groups -OCH3 is 1. The summed E-state index contributed by atoms with van der Waals surface area (Å²) in [6, 6.07) is 0. The van der Waals surface area contributed by atoms with Crippen molar-refractivity contribution in [3.63, 3.8) is 0 Å². The van der Waals surface area contributed by atoms with Gasteiger partial charge in [0.25, 0.3) is 0 Å². The zero-order chi connectivity index (χ0) is 10.5. The number of hydrogen-bond acceptors (Lipinski definition) is 3. The second kappa shape index (κ2) is 5.35. The van der Waals surface area contributed by atoms with Gasteiger partial charge in [-0.2, -0.15) is 0 Å². The largest absolute Gasteiger partial charge is 0.377 e. The molecule has 0 radical (unpaired) electrons. The van der Waals surface area contributed by atoms with Crippen molar-refractivity contribution in [2.24, 2.45) is 0 Å². The number of carbonyl (C=O) groups excluding carboxylic acids is 1. The van der Waals surface area contributed by atoms with Gasteiger partial charge in [-0.15, -0.1) is 0 Å². The highest BCUT2D eigenvalue weighted by molar-refractivity contribution is 5.89. The topological polar surface area (TPSA) is 29.5 Å². The van der Waals surface area contributed by atoms with Crippen LogP contribution in [0, 0.1) is 0 Å². The van der Waals surface area contributed by atoms with E-state index in [1.807, 2.05) is 32.8 Å². The second-order valence-corrected chi connectivity index (χ2v) is 3.49. The highest BCUT2D eigenvalue weighted by atomic mass is 16.5. The Morgan fingerprint density at radius 3 is 2.00 bits per heavy atom. The lowest BCUT2D eigenvalue weighted by atomic mass is 9.87. The molecule has 0 aromatic carbocycles. The molecule has 0 aromatic rings. The van der Waals surface area contributed by atoms with Gasteiger partial charge in [-0.1, -0.05) is 13.8 Å². The average Bonchev–Trinajstić information content (AvgIpc) is 2.07. The predicted octanol–water partition coefficient (Wildman–Crippen LogP) is 1.32. The maximum atomic E-state index is 11.8. The number of ketones is 1. The maximum absolute atomic E-state index is 11.8. The Bertz CT molecular complexity index is 162. The number of rotatable bonds is 6. The highest BCUT2D eigenvalue weighted by Gasteiger charge is 2.36. The van der Waals surface area contributed by atoms with Crippen LogP contribution in [0.1, 0.15) is 26.7 Å². The molecule has 0 aliphatic carbocycles. The second-order valence-electron chi connectivity index (χ2n) is 3.49. The van der Waals surface area contributed by atoms with Gasteiger partial charge in [0.15, 0.2) is 5.78 Å². The van der Waals surface area contributed by atoms with Crippen LogP contribution in [0.5, 0.6) is 0 Å². The Balaban J connectivity index is 4.65. The fourth-order valence-corrected chi connectivity index (χ4v) is 1.79. The first kappa shape index (κ1) is 12.6. The molecule has 3 heteroatoms. The molecule has 0 saturated heterocycles. The van der Waals surface area contributed by atoms with Gasteiger partial charge in [0.05, 0.1) is 5.54 Å². The Labute approximate surface area is 81.1 Å². The van der Waals surface area contributed by atoms with Gasteiger partial charge < -0.3 is 4.74 Å². The summed E-state index contributed by atoms with van der Waals surface area (Å²) in [7, 11) is 5.45. The molecule has 3 nitrogen and oxygen atoms in total. The molecule has 0 N–H and O–H groups in total. The van der Waals surface area contributed by atoms with Crippen LogP contribution in [-0.4, -0.2) is 44.0 Å². The van der Waals surface area contributed by atoms with Crippen molar-refractivity contribution in [2.45, 2.75) is 32.2 Å². The molecule has 0 aliphatic rings. The summed E-state index contributed by atoms with van der Waals surface area (Å²) in [4.78, 5) is 13.8. The monoisotopic (exact) mass is 187 g/mol. The molecule has 0 unspecified atom stereocenters. The van der Waals surface area contributed by atoms with E-state index in [1.165, 1.54) is 0 Å². The fourth-order valence-electron chi connectivity index (χ4n) is 1.79. The summed E-state index contributed by atoms with van der Waals surface area (Å²) < 4.78 is 4.89. The third-order valence-corrected chi connectivity index (χ3v) is 2.82. The molecule has 0 spiro atoms. The van der Waals surface area contributed by atoms with Gasteiger partial charge in [0, 0.05) is 7.11 Å². The predicted molar refractivity (Wildman–Crippen MR) is 53.9 cm³/mol. The van der Waals surface area contributed by atoms with Crippen LogP contribution in [0.4, 0.5) is 0 Å². The third-order valence-electron chi connectivity index (χ3n) is 2.82. The van der Waals surface area contributed by atoms with E-state index in [2.05, 4.69) is 0 Å². The van der Waals surface area contributed by atoms with Gasteiger partial charge in [-0.05, 0) is 26.9 Å². The van der Waals surface area contributed by atoms with Crippen LogP contribution < -0.4 is 0 Å². The lowest BCUT2D eigenvalue weighted by Crippen LogP contribution is -2.51. The molecule has 0 rings (SSSR count). The first-order valence-corrected chi connectivity index (χ1v) is 4.74. The lowest BCUT2D eigenvalue weighted by Gasteiger charge is -2.36. The minimum absolute atomic E-state index is 0.171. The van der Waals surface area contributed by atoms with Crippen LogP contribution in [-0.2, 0) is 9.53 Å². The van der Waals surface area contributed by atoms with Crippen molar-refractivity contribution in [3.05, 3.63) is 0 Å². The van der Waals surface area contributed by atoms with E-state index in [1.54, 1.807) is 7.11 Å². The highest BCUT2D eigenvalue weighted by Crippen LogP contribution is 2.22. The zero-order valence-corrected chi connectivity index (χ0v) is 9.39. The van der Waals surface area contributed by atoms with E-state index in [0.29, 0.717) is 0 Å². The van der Waals surface area contributed by atoms with E-state index >= 15 is 0 Å². The number of Topliss-reactive ketones (excluding diaryl/α,β-unsaturated/α-hetero) is 1. The number of nitrogens with zero attached hydrogens (tertiary/aromatic N) is 1. The molecule has 0 bridgehead atoms. The molecule has 0 atom stereocenters. The Kier molecular flexibility index (Phi) is 5.18. The molecule has 13 heavy (non-hydrogen) atoms. The molecule has 0 amide bonds. The van der Waals surface area contributed by atoms with E-state index in [0.717, 1.165) is 12.8 Å². The zero-order valence-electron chi connectivity index (χ0n) is 9.39. The summed E-state index contributed by atoms with van der Waals surface area (Å²) in [6.07, 6.45) is 1.66. The van der Waals surface area contributed by atoms with Crippen molar-refractivity contribution >= 4 is 5.78 Å². The van der Waals surface area contributed by atoms with Gasteiger partial charge >= 0.3 is 0 Å². The minimum atomic E-state index is -0.337. The third kappa shape index (κ3) is 2.51. The van der Waals surface area contributed by atoms with Crippen LogP contribution in [0.25, 0.3) is 0 Å². The van der Waals surface area contributed by atoms with Crippen LogP contribution in [0.2, 0.25) is 0 Å². The van der Waals surface area contributed by atoms with Crippen LogP contribution >= 0.6 is 0 Å². The van der Waals surface area contributed by atoms with Crippen molar-refractivity contribution in [3.8, 4) is 0 Å². The Morgan fingerprint density at radius 2 is 1.77 bits per heavy atom. The quantitative estimate of drug-likeness (QED) is 0.628. The average molecular weight is 187 g/mol. The summed E-state index contributed by atoms with van der Waals surface area (Å²) in [5, 5.41) is 0. The molecule has 78 valence electrons. The SMILES string of the molecule is CCC(CC)(C(=O)COC)N(C)C. The summed E-state index contributed by atoms with van der Waals surface area (Å²) >= 11 is 0. The lowest BCUT2D eigenvalue weighted by molar-refractivity contribution is -0.134. The smallest absolute Gasteiger partial charge is 0.178 e. The number of carbonyl (C=O) groups is 1. The van der Waals surface area contributed by atoms with Gasteiger partial charge in [-0.3, -0.25) is 9.69 Å². The van der Waals surface area contributed by atoms with Crippen molar-refractivity contribution < 1.29 is 9.53 Å². The Hall–Kier alpha value is -0.410. The number of ether oxygens (including phenoxy) is 1. The summed E-state index contributed by atoms with van der Waals surface area (Å²) in [6.45, 7) is 4.29. The van der Waals surface area contributed by atoms with Crippen LogP contribution in [0.3, 0.4) is 0 Å². The van der Waals surface area contributed by atoms with Crippen molar-refractivity contribution in [1.29, 1.82) is 0 Å². The molecule has 0 heterocycles. The van der Waals surface area contributed by atoms with Crippen molar-refractivity contribution in [2.75, 3.05) is 27.8 Å². The fraction of sp³-hybridized carbons (Fsp3) is 0.900. The van der Waals surface area contributed by atoms with Crippen molar-refractivity contribution in [1.82, 2.24) is 4.90 Å². The van der Waals surface area contributed by atoms with E-state index < -0.39 is 0 Å². The van der Waals surface area contributed by atoms with E-state index in [4.69, 9.17) is 4.74 Å². The van der Waals surface area contributed by atoms with Gasteiger partial charge in [0.2, 0.25) is 0 Å². The molecule has 0 aromatic heterocycles. The van der Waals surface area contributed by atoms with Gasteiger partial charge in [0.1, 0.15) is 6.61 Å². The molecule has 0 aliphatic heterocycles. The normalized spacial score (nSPS) is 12.2. The van der Waals surface area contributed by atoms with Gasteiger partial charge in [-0.25, -0.2) is 0 Å². The molecular weight excluding hydrogens is 166 g/mol. The molecular formula is C10H21NO2. The summed E-state index contributed by atoms with van der Waals surface area (Å²) in [5.74, 6) is 0.171. The first-order valence-electron chi connectivity index (χ1n) is 4.74. The molecule has 0 fully saturated rings. The minimum Gasteiger partial charge on any atom is -0.377 e. The molecule has 0 saturated carbocycles. The van der Waals surface area contributed by atoms with E-state index in [9.17, 15) is 4.79 Å². The van der Waals surface area contributed by atoms with Crippen LogP contribution in [0.15, 0.2) is 0 Å². The van der Waals surface area contributed by atoms with E-state index in [-0.39, 0.29) is 17.9 Å². The first-order chi connectivity index (χ1) is 6.05. The summed E-state index contributed by atoms with van der Waals surface area (Å²) in [5.41, 5.74) is -0.337.